The number of aliphatic imine (C=N–C) groups is 1. The quantitative estimate of drug-likeness (QED) is 0.411. The molecule has 0 spiro atoms. The second-order valence-electron chi connectivity index (χ2n) is 8.03. The van der Waals surface area contributed by atoms with Crippen molar-refractivity contribution in [2.24, 2.45) is 4.99 Å². The number of hydrogen-bond donors (Lipinski definition) is 1. The lowest BCUT2D eigenvalue weighted by atomic mass is 10.2. The zero-order valence-corrected chi connectivity index (χ0v) is 21.7. The molecule has 1 atom stereocenters. The number of nitrogens with one attached hydrogen (secondary N) is 1. The zero-order valence-electron chi connectivity index (χ0n) is 20.1. The first-order valence-electron chi connectivity index (χ1n) is 11.3. The van der Waals surface area contributed by atoms with Crippen LogP contribution in [-0.4, -0.2) is 47.3 Å². The van der Waals surface area contributed by atoms with Crippen molar-refractivity contribution in [3.63, 3.8) is 0 Å². The SMILES string of the molecule is COC(=O)c1ccc(NC(=O)C2CC(=O)N(Cc3ccccc3Cl)C(=Nc3ccc(OC)cc3)S2)cc1. The minimum absolute atomic E-state index is 0.0111. The first-order valence-corrected chi connectivity index (χ1v) is 12.6. The highest BCUT2D eigenvalue weighted by Gasteiger charge is 2.36. The number of benzene rings is 3. The van der Waals surface area contributed by atoms with Gasteiger partial charge in [-0.1, -0.05) is 41.6 Å². The van der Waals surface area contributed by atoms with Gasteiger partial charge >= 0.3 is 5.97 Å². The van der Waals surface area contributed by atoms with Gasteiger partial charge in [0, 0.05) is 17.1 Å². The van der Waals surface area contributed by atoms with Crippen molar-refractivity contribution in [2.45, 2.75) is 18.2 Å². The third kappa shape index (κ3) is 6.49. The number of rotatable bonds is 7. The van der Waals surface area contributed by atoms with E-state index in [1.165, 1.54) is 18.9 Å². The number of hydrogen-bond acceptors (Lipinski definition) is 7. The monoisotopic (exact) mass is 537 g/mol. The first kappa shape index (κ1) is 26.2. The van der Waals surface area contributed by atoms with Gasteiger partial charge in [0.05, 0.1) is 32.0 Å². The Labute approximate surface area is 223 Å². The highest BCUT2D eigenvalue weighted by Crippen LogP contribution is 2.32. The van der Waals surface area contributed by atoms with Gasteiger partial charge in [-0.15, -0.1) is 0 Å². The number of ether oxygens (including phenoxy) is 2. The Hall–Kier alpha value is -3.82. The number of anilines is 1. The summed E-state index contributed by atoms with van der Waals surface area (Å²) >= 11 is 7.56. The van der Waals surface area contributed by atoms with Crippen LogP contribution >= 0.6 is 23.4 Å². The van der Waals surface area contributed by atoms with Crippen LogP contribution in [0.1, 0.15) is 22.3 Å². The number of amides is 2. The van der Waals surface area contributed by atoms with Crippen LogP contribution < -0.4 is 10.1 Å². The normalized spacial score (nSPS) is 16.4. The Balaban J connectivity index is 1.57. The molecule has 10 heteroatoms. The lowest BCUT2D eigenvalue weighted by molar-refractivity contribution is -0.129. The Morgan fingerprint density at radius 2 is 1.76 bits per heavy atom. The first-order chi connectivity index (χ1) is 17.9. The molecule has 3 aromatic rings. The predicted molar refractivity (Wildman–Crippen MR) is 144 cm³/mol. The van der Waals surface area contributed by atoms with Gasteiger partial charge in [0.15, 0.2) is 5.17 Å². The molecule has 0 bridgehead atoms. The van der Waals surface area contributed by atoms with Gasteiger partial charge in [-0.3, -0.25) is 14.5 Å². The van der Waals surface area contributed by atoms with E-state index in [9.17, 15) is 14.4 Å². The van der Waals surface area contributed by atoms with Crippen molar-refractivity contribution < 1.29 is 23.9 Å². The third-order valence-electron chi connectivity index (χ3n) is 5.59. The lowest BCUT2D eigenvalue weighted by Crippen LogP contribution is -2.44. The van der Waals surface area contributed by atoms with Gasteiger partial charge in [-0.25, -0.2) is 9.79 Å². The topological polar surface area (TPSA) is 97.3 Å². The number of nitrogens with zero attached hydrogens (tertiary/aromatic N) is 2. The molecule has 3 aromatic carbocycles. The molecule has 1 heterocycles. The molecule has 2 amide bonds. The van der Waals surface area contributed by atoms with Crippen molar-refractivity contribution in [3.05, 3.63) is 88.9 Å². The summed E-state index contributed by atoms with van der Waals surface area (Å²) in [7, 11) is 2.88. The van der Waals surface area contributed by atoms with Crippen molar-refractivity contribution in [1.82, 2.24) is 4.90 Å². The third-order valence-corrected chi connectivity index (χ3v) is 7.15. The van der Waals surface area contributed by atoms with Gasteiger partial charge in [0.1, 0.15) is 11.0 Å². The van der Waals surface area contributed by atoms with Crippen molar-refractivity contribution in [2.75, 3.05) is 19.5 Å². The van der Waals surface area contributed by atoms with Crippen LogP contribution in [-0.2, 0) is 20.9 Å². The minimum atomic E-state index is -0.702. The molecule has 1 saturated heterocycles. The van der Waals surface area contributed by atoms with Crippen LogP contribution in [0.3, 0.4) is 0 Å². The lowest BCUT2D eigenvalue weighted by Gasteiger charge is -2.32. The summed E-state index contributed by atoms with van der Waals surface area (Å²) < 4.78 is 9.91. The summed E-state index contributed by atoms with van der Waals surface area (Å²) in [5.74, 6) is -0.375. The smallest absolute Gasteiger partial charge is 0.337 e. The molecule has 0 saturated carbocycles. The van der Waals surface area contributed by atoms with Crippen LogP contribution in [0.4, 0.5) is 11.4 Å². The van der Waals surface area contributed by atoms with Crippen LogP contribution in [0.5, 0.6) is 5.75 Å². The number of methoxy groups -OCH3 is 2. The maximum Gasteiger partial charge on any atom is 0.337 e. The maximum absolute atomic E-state index is 13.3. The minimum Gasteiger partial charge on any atom is -0.497 e. The molecule has 0 aromatic heterocycles. The van der Waals surface area contributed by atoms with Crippen molar-refractivity contribution in [1.29, 1.82) is 0 Å². The Morgan fingerprint density at radius 1 is 1.05 bits per heavy atom. The number of esters is 1. The van der Waals surface area contributed by atoms with E-state index in [4.69, 9.17) is 21.1 Å². The molecule has 1 N–H and O–H groups in total. The Morgan fingerprint density at radius 3 is 2.41 bits per heavy atom. The fraction of sp³-hybridized carbons (Fsp3) is 0.185. The summed E-state index contributed by atoms with van der Waals surface area (Å²) in [5, 5.41) is 3.04. The molecule has 1 aliphatic rings. The summed E-state index contributed by atoms with van der Waals surface area (Å²) in [6, 6.07) is 20.7. The predicted octanol–water partition coefficient (Wildman–Crippen LogP) is 5.30. The van der Waals surface area contributed by atoms with Gasteiger partial charge < -0.3 is 14.8 Å². The van der Waals surface area contributed by atoms with Gasteiger partial charge in [0.25, 0.3) is 0 Å². The molecule has 8 nitrogen and oxygen atoms in total. The number of carbonyl (C=O) groups excluding carboxylic acids is 3. The van der Waals surface area contributed by atoms with E-state index in [1.807, 2.05) is 18.2 Å². The number of halogens is 1. The molecule has 0 aliphatic carbocycles. The van der Waals surface area contributed by atoms with Gasteiger partial charge in [0.2, 0.25) is 11.8 Å². The van der Waals surface area contributed by atoms with Crippen LogP contribution in [0.2, 0.25) is 5.02 Å². The Bertz CT molecular complexity index is 1330. The van der Waals surface area contributed by atoms with Crippen molar-refractivity contribution in [3.8, 4) is 5.75 Å². The second kappa shape index (κ2) is 11.9. The summed E-state index contributed by atoms with van der Waals surface area (Å²) in [5.41, 5.74) is 2.25. The Kier molecular flexibility index (Phi) is 8.47. The molecule has 4 rings (SSSR count). The maximum atomic E-state index is 13.3. The molecule has 0 radical (unpaired) electrons. The molecular weight excluding hydrogens is 514 g/mol. The average Bonchev–Trinajstić information content (AvgIpc) is 2.91. The largest absolute Gasteiger partial charge is 0.497 e. The average molecular weight is 538 g/mol. The molecule has 1 aliphatic heterocycles. The number of carbonyl (C=O) groups is 3. The fourth-order valence-electron chi connectivity index (χ4n) is 3.59. The number of amidine groups is 1. The molecular formula is C27H24ClN3O5S. The fourth-order valence-corrected chi connectivity index (χ4v) is 4.88. The highest BCUT2D eigenvalue weighted by molar-refractivity contribution is 8.15. The van der Waals surface area contributed by atoms with Crippen LogP contribution in [0.25, 0.3) is 0 Å². The highest BCUT2D eigenvalue weighted by atomic mass is 35.5. The molecule has 1 unspecified atom stereocenters. The van der Waals surface area contributed by atoms with E-state index < -0.39 is 11.2 Å². The number of thioether (sulfide) groups is 1. The van der Waals surface area contributed by atoms with Gasteiger partial charge in [-0.2, -0.15) is 0 Å². The molecule has 190 valence electrons. The zero-order chi connectivity index (χ0) is 26.4. The van der Waals surface area contributed by atoms with E-state index in [1.54, 1.807) is 66.6 Å². The van der Waals surface area contributed by atoms with E-state index in [2.05, 4.69) is 10.3 Å². The van der Waals surface area contributed by atoms with Crippen LogP contribution in [0.15, 0.2) is 77.8 Å². The van der Waals surface area contributed by atoms with Gasteiger partial charge in [-0.05, 0) is 60.2 Å². The summed E-state index contributed by atoms with van der Waals surface area (Å²) in [6.07, 6.45) is -0.0111. The van der Waals surface area contributed by atoms with E-state index in [0.717, 1.165) is 5.56 Å². The van der Waals surface area contributed by atoms with Crippen LogP contribution in [0, 0.1) is 0 Å². The van der Waals surface area contributed by atoms with E-state index in [-0.39, 0.29) is 24.8 Å². The van der Waals surface area contributed by atoms with Crippen molar-refractivity contribution >= 4 is 57.7 Å². The van der Waals surface area contributed by atoms with E-state index >= 15 is 0 Å². The molecule has 37 heavy (non-hydrogen) atoms. The summed E-state index contributed by atoms with van der Waals surface area (Å²) in [6.45, 7) is 0.226. The van der Waals surface area contributed by atoms with E-state index in [0.29, 0.717) is 32.9 Å². The molecule has 1 fully saturated rings. The standard InChI is InChI=1S/C27H24ClN3O5S/c1-35-21-13-11-20(12-14-21)30-27-31(16-18-5-3-4-6-22(18)28)24(32)15-23(37-27)25(33)29-19-9-7-17(8-10-19)26(34)36-2/h3-14,23H,15-16H2,1-2H3,(H,29,33). The second-order valence-corrected chi connectivity index (χ2v) is 9.61. The summed E-state index contributed by atoms with van der Waals surface area (Å²) in [4.78, 5) is 44.3.